The number of nitrogens with zero attached hydrogens (tertiary/aromatic N) is 5. The Morgan fingerprint density at radius 2 is 1.89 bits per heavy atom. The average molecular weight is 508 g/mol. The van der Waals surface area contributed by atoms with Gasteiger partial charge in [0.25, 0.3) is 0 Å². The Bertz CT molecular complexity index is 1550. The summed E-state index contributed by atoms with van der Waals surface area (Å²) in [5, 5.41) is 0.252. The molecule has 1 aliphatic heterocycles. The summed E-state index contributed by atoms with van der Waals surface area (Å²) < 4.78 is 35.2. The van der Waals surface area contributed by atoms with Gasteiger partial charge in [-0.05, 0) is 43.2 Å². The van der Waals surface area contributed by atoms with Gasteiger partial charge in [0.05, 0.1) is 23.6 Å². The van der Waals surface area contributed by atoms with E-state index in [1.165, 1.54) is 23.5 Å². The number of fused-ring (bicyclic) bond motifs is 1. The standard InChI is InChI=1S/C25H22ClN5O3S/c1-27-21-7-4-3-6-19(21)24-29-22-8-5-13-28-25(22)31(24)17-11-14-30(15-12-17)35(32,33)18-9-10-23(34-2)20(26)16-18/h3-10,13,16-17H,11-12,14-15H2,2H3. The Kier molecular flexibility index (Phi) is 6.19. The van der Waals surface area contributed by atoms with Crippen LogP contribution in [0.3, 0.4) is 0 Å². The number of piperidine rings is 1. The van der Waals surface area contributed by atoms with E-state index in [1.807, 2.05) is 30.3 Å². The lowest BCUT2D eigenvalue weighted by Crippen LogP contribution is -2.39. The van der Waals surface area contributed by atoms with Gasteiger partial charge < -0.3 is 9.30 Å². The zero-order valence-electron chi connectivity index (χ0n) is 18.9. The minimum absolute atomic E-state index is 0.0189. The summed E-state index contributed by atoms with van der Waals surface area (Å²) >= 11 is 6.17. The SMILES string of the molecule is [C-]#[N+]c1ccccc1-c1nc2cccnc2n1C1CCN(S(=O)(=O)c2ccc(OC)c(Cl)c2)CC1. The van der Waals surface area contributed by atoms with E-state index in [-0.39, 0.29) is 16.0 Å². The number of rotatable bonds is 5. The summed E-state index contributed by atoms with van der Waals surface area (Å²) in [6.45, 7) is 8.26. The van der Waals surface area contributed by atoms with Crippen molar-refractivity contribution in [3.8, 4) is 17.1 Å². The van der Waals surface area contributed by atoms with Crippen molar-refractivity contribution in [1.29, 1.82) is 0 Å². The summed E-state index contributed by atoms with van der Waals surface area (Å²) in [5.41, 5.74) is 2.72. The molecule has 1 fully saturated rings. The van der Waals surface area contributed by atoms with Gasteiger partial charge >= 0.3 is 0 Å². The van der Waals surface area contributed by atoms with Crippen LogP contribution < -0.4 is 4.74 Å². The average Bonchev–Trinajstić information content (AvgIpc) is 3.28. The molecule has 10 heteroatoms. The lowest BCUT2D eigenvalue weighted by atomic mass is 10.1. The van der Waals surface area contributed by atoms with E-state index in [1.54, 1.807) is 18.3 Å². The highest BCUT2D eigenvalue weighted by molar-refractivity contribution is 7.89. The van der Waals surface area contributed by atoms with Gasteiger partial charge in [0.1, 0.15) is 17.1 Å². The van der Waals surface area contributed by atoms with Crippen LogP contribution in [0.25, 0.3) is 27.4 Å². The third kappa shape index (κ3) is 4.14. The smallest absolute Gasteiger partial charge is 0.243 e. The molecule has 0 bridgehead atoms. The fourth-order valence-electron chi connectivity index (χ4n) is 4.52. The maximum atomic E-state index is 13.3. The molecule has 35 heavy (non-hydrogen) atoms. The zero-order valence-corrected chi connectivity index (χ0v) is 20.5. The molecule has 178 valence electrons. The molecule has 5 rings (SSSR count). The first kappa shape index (κ1) is 23.3. The number of benzene rings is 2. The van der Waals surface area contributed by atoms with Crippen molar-refractivity contribution >= 4 is 38.5 Å². The number of methoxy groups -OCH3 is 1. The Morgan fingerprint density at radius 3 is 2.60 bits per heavy atom. The van der Waals surface area contributed by atoms with Crippen LogP contribution in [-0.2, 0) is 10.0 Å². The first-order chi connectivity index (χ1) is 16.9. The summed E-state index contributed by atoms with van der Waals surface area (Å²) in [4.78, 5) is 13.2. The van der Waals surface area contributed by atoms with Crippen molar-refractivity contribution in [2.45, 2.75) is 23.8 Å². The number of imidazole rings is 1. The van der Waals surface area contributed by atoms with E-state index in [0.29, 0.717) is 43.2 Å². The number of pyridine rings is 1. The van der Waals surface area contributed by atoms with Crippen molar-refractivity contribution in [1.82, 2.24) is 18.8 Å². The highest BCUT2D eigenvalue weighted by Crippen LogP contribution is 2.37. The van der Waals surface area contributed by atoms with E-state index < -0.39 is 10.0 Å². The number of hydrogen-bond acceptors (Lipinski definition) is 5. The molecule has 2 aromatic carbocycles. The van der Waals surface area contributed by atoms with Crippen molar-refractivity contribution in [3.63, 3.8) is 0 Å². The second-order valence-corrected chi connectivity index (χ2v) is 10.6. The van der Waals surface area contributed by atoms with E-state index >= 15 is 0 Å². The highest BCUT2D eigenvalue weighted by atomic mass is 35.5. The molecule has 0 N–H and O–H groups in total. The molecule has 0 saturated carbocycles. The molecule has 4 aromatic rings. The summed E-state index contributed by atoms with van der Waals surface area (Å²) in [7, 11) is -2.22. The number of para-hydroxylation sites is 1. The summed E-state index contributed by atoms with van der Waals surface area (Å²) in [6.07, 6.45) is 2.88. The molecule has 0 unspecified atom stereocenters. The third-order valence-corrected chi connectivity index (χ3v) is 8.45. The van der Waals surface area contributed by atoms with E-state index in [4.69, 9.17) is 27.9 Å². The Balaban J connectivity index is 1.47. The van der Waals surface area contributed by atoms with Crippen molar-refractivity contribution in [2.24, 2.45) is 0 Å². The molecule has 0 amide bonds. The van der Waals surface area contributed by atoms with E-state index in [0.717, 1.165) is 16.7 Å². The minimum Gasteiger partial charge on any atom is -0.495 e. The number of halogens is 1. The minimum atomic E-state index is -3.70. The van der Waals surface area contributed by atoms with Crippen LogP contribution >= 0.6 is 11.6 Å². The highest BCUT2D eigenvalue weighted by Gasteiger charge is 2.32. The number of ether oxygens (including phenoxy) is 1. The Labute approximate surface area is 208 Å². The van der Waals surface area contributed by atoms with Gasteiger partial charge in [-0.15, -0.1) is 0 Å². The predicted octanol–water partition coefficient (Wildman–Crippen LogP) is 5.34. The number of hydrogen-bond donors (Lipinski definition) is 0. The van der Waals surface area contributed by atoms with E-state index in [2.05, 4.69) is 14.4 Å². The predicted molar refractivity (Wildman–Crippen MR) is 134 cm³/mol. The zero-order chi connectivity index (χ0) is 24.6. The van der Waals surface area contributed by atoms with Gasteiger partial charge in [-0.25, -0.2) is 23.2 Å². The topological polar surface area (TPSA) is 81.7 Å². The van der Waals surface area contributed by atoms with Crippen molar-refractivity contribution in [2.75, 3.05) is 20.2 Å². The second kappa shape index (κ2) is 9.30. The monoisotopic (exact) mass is 507 g/mol. The van der Waals surface area contributed by atoms with Crippen LogP contribution in [-0.4, -0.2) is 47.5 Å². The summed E-state index contributed by atoms with van der Waals surface area (Å²) in [6, 6.07) is 15.6. The van der Waals surface area contributed by atoms with Gasteiger partial charge in [0.2, 0.25) is 10.0 Å². The fourth-order valence-corrected chi connectivity index (χ4v) is 6.34. The number of aromatic nitrogens is 3. The van der Waals surface area contributed by atoms with Gasteiger partial charge in [-0.2, -0.15) is 4.31 Å². The molecule has 0 spiro atoms. The fraction of sp³-hybridized carbons (Fsp3) is 0.240. The van der Waals surface area contributed by atoms with Crippen molar-refractivity contribution in [3.05, 3.63) is 77.2 Å². The largest absolute Gasteiger partial charge is 0.495 e. The van der Waals surface area contributed by atoms with Crippen LogP contribution in [0.4, 0.5) is 5.69 Å². The normalized spacial score (nSPS) is 15.2. The summed E-state index contributed by atoms with van der Waals surface area (Å²) in [5.74, 6) is 1.10. The van der Waals surface area contributed by atoms with Gasteiger partial charge in [0, 0.05) is 30.9 Å². The Hall–Kier alpha value is -3.45. The molecule has 1 aliphatic rings. The third-order valence-electron chi connectivity index (χ3n) is 6.26. The Morgan fingerprint density at radius 1 is 1.11 bits per heavy atom. The maximum Gasteiger partial charge on any atom is 0.243 e. The molecule has 0 atom stereocenters. The molecular weight excluding hydrogens is 486 g/mol. The maximum absolute atomic E-state index is 13.3. The van der Waals surface area contributed by atoms with Gasteiger partial charge in [0.15, 0.2) is 11.3 Å². The molecule has 1 saturated heterocycles. The van der Waals surface area contributed by atoms with Crippen LogP contribution in [0, 0.1) is 6.57 Å². The van der Waals surface area contributed by atoms with Crippen LogP contribution in [0.1, 0.15) is 18.9 Å². The van der Waals surface area contributed by atoms with Crippen LogP contribution in [0.5, 0.6) is 5.75 Å². The molecule has 3 heterocycles. The van der Waals surface area contributed by atoms with Gasteiger partial charge in [-0.1, -0.05) is 35.9 Å². The van der Waals surface area contributed by atoms with Crippen molar-refractivity contribution < 1.29 is 13.2 Å². The lowest BCUT2D eigenvalue weighted by Gasteiger charge is -2.32. The number of sulfonamides is 1. The quantitative estimate of drug-likeness (QED) is 0.341. The molecular formula is C25H22ClN5O3S. The first-order valence-corrected chi connectivity index (χ1v) is 12.9. The van der Waals surface area contributed by atoms with Crippen LogP contribution in [0.15, 0.2) is 65.7 Å². The molecule has 2 aromatic heterocycles. The lowest BCUT2D eigenvalue weighted by molar-refractivity contribution is 0.278. The second-order valence-electron chi connectivity index (χ2n) is 8.21. The molecule has 0 aliphatic carbocycles. The first-order valence-electron chi connectivity index (χ1n) is 11.1. The van der Waals surface area contributed by atoms with E-state index in [9.17, 15) is 8.42 Å². The molecule has 0 radical (unpaired) electrons. The van der Waals surface area contributed by atoms with Gasteiger partial charge in [-0.3, -0.25) is 0 Å². The van der Waals surface area contributed by atoms with Crippen LogP contribution in [0.2, 0.25) is 5.02 Å². The molecule has 8 nitrogen and oxygen atoms in total.